The minimum absolute atomic E-state index is 0.213. The first kappa shape index (κ1) is 18.6. The highest BCUT2D eigenvalue weighted by molar-refractivity contribution is 6.30. The van der Waals surface area contributed by atoms with Crippen molar-refractivity contribution in [3.8, 4) is 11.1 Å². The molecule has 6 heteroatoms. The lowest BCUT2D eigenvalue weighted by Gasteiger charge is -2.33. The zero-order valence-corrected chi connectivity index (χ0v) is 16.3. The molecule has 1 amide bonds. The molecule has 26 heavy (non-hydrogen) atoms. The van der Waals surface area contributed by atoms with Crippen LogP contribution in [0.3, 0.4) is 0 Å². The third-order valence-electron chi connectivity index (χ3n) is 4.82. The van der Waals surface area contributed by atoms with Gasteiger partial charge < -0.3 is 9.80 Å². The van der Waals surface area contributed by atoms with Crippen LogP contribution in [0.1, 0.15) is 37.8 Å². The molecule has 1 fully saturated rings. The lowest BCUT2D eigenvalue weighted by molar-refractivity contribution is -0.132. The maximum absolute atomic E-state index is 12.2. The lowest BCUT2D eigenvalue weighted by Crippen LogP contribution is -2.39. The Morgan fingerprint density at radius 1 is 1.31 bits per heavy atom. The molecule has 0 aliphatic carbocycles. The predicted molar refractivity (Wildman–Crippen MR) is 106 cm³/mol. The van der Waals surface area contributed by atoms with Gasteiger partial charge in [-0.1, -0.05) is 30.7 Å². The van der Waals surface area contributed by atoms with E-state index in [1.807, 2.05) is 61.3 Å². The van der Waals surface area contributed by atoms with Crippen molar-refractivity contribution in [2.75, 3.05) is 32.1 Å². The van der Waals surface area contributed by atoms with Gasteiger partial charge in [0.15, 0.2) is 0 Å². The summed E-state index contributed by atoms with van der Waals surface area (Å²) in [4.78, 5) is 25.4. The Labute approximate surface area is 160 Å². The molecule has 0 spiro atoms. The second kappa shape index (κ2) is 8.04. The van der Waals surface area contributed by atoms with Gasteiger partial charge in [0.2, 0.25) is 11.9 Å². The number of rotatable bonds is 4. The molecule has 1 atom stereocenters. The standard InChI is InChI=1S/C20H25ClN4O/c1-4-18(26)25-11-5-6-15(13-25)19-17(12-22-20(23-19)24(2)3)14-7-9-16(21)10-8-14/h7-10,12,15H,4-6,11,13H2,1-3H3/t15-/m1/s1. The number of hydrogen-bond acceptors (Lipinski definition) is 4. The van der Waals surface area contributed by atoms with Gasteiger partial charge in [-0.05, 0) is 30.5 Å². The Morgan fingerprint density at radius 3 is 2.69 bits per heavy atom. The van der Waals surface area contributed by atoms with E-state index in [4.69, 9.17) is 16.6 Å². The average molecular weight is 373 g/mol. The van der Waals surface area contributed by atoms with E-state index in [-0.39, 0.29) is 11.8 Å². The van der Waals surface area contributed by atoms with E-state index in [2.05, 4.69) is 4.98 Å². The third kappa shape index (κ3) is 3.98. The number of hydrogen-bond donors (Lipinski definition) is 0. The minimum atomic E-state index is 0.213. The SMILES string of the molecule is CCC(=O)N1CCC[C@@H](c2nc(N(C)C)ncc2-c2ccc(Cl)cc2)C1. The van der Waals surface area contributed by atoms with Crippen molar-refractivity contribution < 1.29 is 4.79 Å². The molecule has 138 valence electrons. The van der Waals surface area contributed by atoms with Crippen LogP contribution in [0.15, 0.2) is 30.5 Å². The Kier molecular flexibility index (Phi) is 5.77. The van der Waals surface area contributed by atoms with Gasteiger partial charge in [-0.15, -0.1) is 0 Å². The van der Waals surface area contributed by atoms with Crippen LogP contribution >= 0.6 is 11.6 Å². The molecule has 0 saturated carbocycles. The molecule has 1 saturated heterocycles. The van der Waals surface area contributed by atoms with Crippen LogP contribution in [-0.2, 0) is 4.79 Å². The maximum Gasteiger partial charge on any atom is 0.225 e. The number of carbonyl (C=O) groups excluding carboxylic acids is 1. The van der Waals surface area contributed by atoms with Gasteiger partial charge in [0.25, 0.3) is 0 Å². The molecule has 1 aliphatic rings. The summed E-state index contributed by atoms with van der Waals surface area (Å²) in [6, 6.07) is 7.76. The largest absolute Gasteiger partial charge is 0.347 e. The summed E-state index contributed by atoms with van der Waals surface area (Å²) in [6.45, 7) is 3.47. The Bertz CT molecular complexity index is 776. The summed E-state index contributed by atoms with van der Waals surface area (Å²) in [5, 5.41) is 0.707. The summed E-state index contributed by atoms with van der Waals surface area (Å²) in [5.74, 6) is 1.12. The second-order valence-electron chi connectivity index (χ2n) is 6.90. The number of halogens is 1. The van der Waals surface area contributed by atoms with Crippen molar-refractivity contribution in [2.24, 2.45) is 0 Å². The van der Waals surface area contributed by atoms with Gasteiger partial charge in [-0.3, -0.25) is 4.79 Å². The normalized spacial score (nSPS) is 17.2. The summed E-state index contributed by atoms with van der Waals surface area (Å²) < 4.78 is 0. The molecule has 0 bridgehead atoms. The van der Waals surface area contributed by atoms with E-state index in [9.17, 15) is 4.79 Å². The first-order valence-electron chi connectivity index (χ1n) is 9.07. The number of aromatic nitrogens is 2. The number of likely N-dealkylation sites (tertiary alicyclic amines) is 1. The molecular formula is C20H25ClN4O. The monoisotopic (exact) mass is 372 g/mol. The van der Waals surface area contributed by atoms with Crippen LogP contribution in [0.5, 0.6) is 0 Å². The number of anilines is 1. The minimum Gasteiger partial charge on any atom is -0.347 e. The van der Waals surface area contributed by atoms with E-state index in [1.54, 1.807) is 0 Å². The van der Waals surface area contributed by atoms with Crippen LogP contribution < -0.4 is 4.90 Å². The van der Waals surface area contributed by atoms with Gasteiger partial charge in [0, 0.05) is 56.3 Å². The molecule has 0 N–H and O–H groups in total. The fourth-order valence-corrected chi connectivity index (χ4v) is 3.54. The third-order valence-corrected chi connectivity index (χ3v) is 5.08. The van der Waals surface area contributed by atoms with Crippen molar-refractivity contribution in [3.05, 3.63) is 41.2 Å². The summed E-state index contributed by atoms with van der Waals surface area (Å²) in [7, 11) is 3.88. The Morgan fingerprint density at radius 2 is 2.04 bits per heavy atom. The van der Waals surface area contributed by atoms with Crippen LogP contribution in [0.25, 0.3) is 11.1 Å². The fourth-order valence-electron chi connectivity index (χ4n) is 3.41. The van der Waals surface area contributed by atoms with Crippen LogP contribution in [0, 0.1) is 0 Å². The zero-order valence-electron chi connectivity index (χ0n) is 15.6. The molecule has 5 nitrogen and oxygen atoms in total. The van der Waals surface area contributed by atoms with Crippen molar-refractivity contribution in [2.45, 2.75) is 32.1 Å². The number of carbonyl (C=O) groups is 1. The highest BCUT2D eigenvalue weighted by Crippen LogP contribution is 2.34. The predicted octanol–water partition coefficient (Wildman–Crippen LogP) is 3.98. The average Bonchev–Trinajstić information content (AvgIpc) is 2.67. The number of amides is 1. The highest BCUT2D eigenvalue weighted by atomic mass is 35.5. The Hall–Kier alpha value is -2.14. The van der Waals surface area contributed by atoms with Crippen molar-refractivity contribution in [1.29, 1.82) is 0 Å². The number of benzene rings is 1. The summed E-state index contributed by atoms with van der Waals surface area (Å²) in [5.41, 5.74) is 3.08. The molecule has 2 aromatic rings. The van der Waals surface area contributed by atoms with Gasteiger partial charge >= 0.3 is 0 Å². The van der Waals surface area contributed by atoms with E-state index in [0.717, 1.165) is 42.8 Å². The molecule has 1 aromatic carbocycles. The zero-order chi connectivity index (χ0) is 18.7. The highest BCUT2D eigenvalue weighted by Gasteiger charge is 2.27. The Balaban J connectivity index is 2.01. The quantitative estimate of drug-likeness (QED) is 0.814. The van der Waals surface area contributed by atoms with Crippen LogP contribution in [0.4, 0.5) is 5.95 Å². The summed E-state index contributed by atoms with van der Waals surface area (Å²) in [6.07, 6.45) is 4.46. The molecule has 0 radical (unpaired) electrons. The molecule has 1 aliphatic heterocycles. The van der Waals surface area contributed by atoms with E-state index >= 15 is 0 Å². The number of piperidine rings is 1. The van der Waals surface area contributed by atoms with Gasteiger partial charge in [-0.25, -0.2) is 9.97 Å². The first-order chi connectivity index (χ1) is 12.5. The second-order valence-corrected chi connectivity index (χ2v) is 7.34. The molecule has 0 unspecified atom stereocenters. The van der Waals surface area contributed by atoms with Crippen molar-refractivity contribution in [1.82, 2.24) is 14.9 Å². The van der Waals surface area contributed by atoms with Gasteiger partial charge in [0.1, 0.15) is 0 Å². The molecule has 1 aromatic heterocycles. The topological polar surface area (TPSA) is 49.3 Å². The van der Waals surface area contributed by atoms with E-state index < -0.39 is 0 Å². The fraction of sp³-hybridized carbons (Fsp3) is 0.450. The van der Waals surface area contributed by atoms with Gasteiger partial charge in [0.05, 0.1) is 5.69 Å². The van der Waals surface area contributed by atoms with Crippen LogP contribution in [-0.4, -0.2) is 48.0 Å². The smallest absolute Gasteiger partial charge is 0.225 e. The lowest BCUT2D eigenvalue weighted by atomic mass is 9.90. The molecular weight excluding hydrogens is 348 g/mol. The maximum atomic E-state index is 12.2. The number of nitrogens with zero attached hydrogens (tertiary/aromatic N) is 4. The van der Waals surface area contributed by atoms with E-state index in [1.165, 1.54) is 0 Å². The summed E-state index contributed by atoms with van der Waals surface area (Å²) >= 11 is 6.04. The van der Waals surface area contributed by atoms with Crippen molar-refractivity contribution >= 4 is 23.5 Å². The molecule has 3 rings (SSSR count). The van der Waals surface area contributed by atoms with E-state index in [0.29, 0.717) is 17.4 Å². The molecule has 2 heterocycles. The van der Waals surface area contributed by atoms with Crippen molar-refractivity contribution in [3.63, 3.8) is 0 Å². The van der Waals surface area contributed by atoms with Gasteiger partial charge in [-0.2, -0.15) is 0 Å². The first-order valence-corrected chi connectivity index (χ1v) is 9.45. The van der Waals surface area contributed by atoms with Crippen LogP contribution in [0.2, 0.25) is 5.02 Å².